The van der Waals surface area contributed by atoms with Gasteiger partial charge in [-0.2, -0.15) is 0 Å². The molecule has 4 heteroatoms. The summed E-state index contributed by atoms with van der Waals surface area (Å²) in [5, 5.41) is 11.4. The number of carboxylic acid groups (broad SMARTS) is 1. The molecule has 0 spiro atoms. The van der Waals surface area contributed by atoms with Crippen LogP contribution in [0.4, 0.5) is 0 Å². The number of unbranched alkanes of at least 4 members (excludes halogenated alkanes) is 15. The summed E-state index contributed by atoms with van der Waals surface area (Å²) in [5.74, 6) is -2.36. The standard InChI is InChI=1S/C29H48O4/c1-2-3-4-5-6-7-8-9-10-11-12-13-14-15-16-20-23-27(29(31)32)24-28(30)33-25-26-21-18-17-19-22-26/h17-19,21-22,27H,2-16,20,23-25H2,1H3,(H,31,32)/p-1. The fourth-order valence-corrected chi connectivity index (χ4v) is 4.24. The summed E-state index contributed by atoms with van der Waals surface area (Å²) in [5.41, 5.74) is 0.897. The van der Waals surface area contributed by atoms with E-state index in [4.69, 9.17) is 4.74 Å². The predicted molar refractivity (Wildman–Crippen MR) is 134 cm³/mol. The number of benzene rings is 1. The van der Waals surface area contributed by atoms with Crippen molar-refractivity contribution in [2.24, 2.45) is 5.92 Å². The number of hydrogen-bond donors (Lipinski definition) is 0. The van der Waals surface area contributed by atoms with Crippen LogP contribution < -0.4 is 5.11 Å². The molecule has 0 radical (unpaired) electrons. The fourth-order valence-electron chi connectivity index (χ4n) is 4.24. The monoisotopic (exact) mass is 459 g/mol. The Balaban J connectivity index is 1.94. The number of carbonyl (C=O) groups excluding carboxylic acids is 2. The lowest BCUT2D eigenvalue weighted by Gasteiger charge is -2.17. The van der Waals surface area contributed by atoms with E-state index in [1.807, 2.05) is 30.3 Å². The van der Waals surface area contributed by atoms with Gasteiger partial charge < -0.3 is 14.6 Å². The molecular formula is C29H47O4-. The molecule has 0 saturated heterocycles. The predicted octanol–water partition coefficient (Wildman–Crippen LogP) is 7.14. The lowest BCUT2D eigenvalue weighted by molar-refractivity contribution is -0.312. The summed E-state index contributed by atoms with van der Waals surface area (Å²) in [6, 6.07) is 9.41. The van der Waals surface area contributed by atoms with E-state index in [9.17, 15) is 14.7 Å². The Bertz CT molecular complexity index is 599. The first-order valence-corrected chi connectivity index (χ1v) is 13.5. The molecule has 0 heterocycles. The summed E-state index contributed by atoms with van der Waals surface area (Å²) in [4.78, 5) is 23.4. The van der Waals surface area contributed by atoms with Crippen molar-refractivity contribution in [1.29, 1.82) is 0 Å². The van der Waals surface area contributed by atoms with E-state index >= 15 is 0 Å². The molecule has 1 aromatic carbocycles. The van der Waals surface area contributed by atoms with Crippen molar-refractivity contribution in [3.63, 3.8) is 0 Å². The van der Waals surface area contributed by atoms with Gasteiger partial charge in [0.15, 0.2) is 0 Å². The van der Waals surface area contributed by atoms with Crippen LogP contribution in [0.15, 0.2) is 30.3 Å². The summed E-state index contributed by atoms with van der Waals surface area (Å²) in [7, 11) is 0. The van der Waals surface area contributed by atoms with Crippen LogP contribution >= 0.6 is 0 Å². The number of rotatable bonds is 22. The number of ether oxygens (including phenoxy) is 1. The minimum atomic E-state index is -1.15. The van der Waals surface area contributed by atoms with Crippen LogP contribution in [0.1, 0.15) is 128 Å². The Morgan fingerprint density at radius 1 is 0.727 bits per heavy atom. The molecule has 0 saturated carbocycles. The molecule has 0 aliphatic rings. The van der Waals surface area contributed by atoms with Crippen LogP contribution in [0.25, 0.3) is 0 Å². The number of aliphatic carboxylic acids is 1. The summed E-state index contributed by atoms with van der Waals surface area (Å²) in [6.45, 7) is 2.44. The molecular weight excluding hydrogens is 412 g/mol. The van der Waals surface area contributed by atoms with Gasteiger partial charge in [0.2, 0.25) is 0 Å². The van der Waals surface area contributed by atoms with E-state index in [0.29, 0.717) is 6.42 Å². The molecule has 0 aromatic heterocycles. The van der Waals surface area contributed by atoms with Gasteiger partial charge in [-0.15, -0.1) is 0 Å². The normalized spacial score (nSPS) is 11.9. The van der Waals surface area contributed by atoms with Gasteiger partial charge in [0.25, 0.3) is 0 Å². The van der Waals surface area contributed by atoms with Crippen molar-refractivity contribution < 1.29 is 19.4 Å². The third kappa shape index (κ3) is 17.3. The molecule has 0 aliphatic heterocycles. The molecule has 4 nitrogen and oxygen atoms in total. The Morgan fingerprint density at radius 3 is 1.64 bits per heavy atom. The topological polar surface area (TPSA) is 66.4 Å². The maximum absolute atomic E-state index is 12.0. The minimum Gasteiger partial charge on any atom is -0.550 e. The smallest absolute Gasteiger partial charge is 0.306 e. The highest BCUT2D eigenvalue weighted by Crippen LogP contribution is 2.17. The van der Waals surface area contributed by atoms with Crippen molar-refractivity contribution in [3.8, 4) is 0 Å². The second-order valence-corrected chi connectivity index (χ2v) is 9.46. The molecule has 0 amide bonds. The fraction of sp³-hybridized carbons (Fsp3) is 0.724. The van der Waals surface area contributed by atoms with Crippen LogP contribution in [0, 0.1) is 5.92 Å². The van der Waals surface area contributed by atoms with Gasteiger partial charge in [-0.1, -0.05) is 140 Å². The molecule has 0 fully saturated rings. The molecule has 1 rings (SSSR count). The Morgan fingerprint density at radius 2 is 1.18 bits per heavy atom. The Kier molecular flexibility index (Phi) is 18.4. The second kappa shape index (κ2) is 20.7. The van der Waals surface area contributed by atoms with Crippen LogP contribution in [0.2, 0.25) is 0 Å². The van der Waals surface area contributed by atoms with Gasteiger partial charge in [-0.25, -0.2) is 0 Å². The molecule has 188 valence electrons. The maximum atomic E-state index is 12.0. The van der Waals surface area contributed by atoms with E-state index in [1.54, 1.807) is 0 Å². The summed E-state index contributed by atoms with van der Waals surface area (Å²) < 4.78 is 5.21. The lowest BCUT2D eigenvalue weighted by atomic mass is 9.97. The van der Waals surface area contributed by atoms with Crippen LogP contribution in [-0.4, -0.2) is 11.9 Å². The first kappa shape index (κ1) is 29.2. The first-order valence-electron chi connectivity index (χ1n) is 13.5. The van der Waals surface area contributed by atoms with Gasteiger partial charge in [-0.3, -0.25) is 4.79 Å². The van der Waals surface area contributed by atoms with Gasteiger partial charge in [-0.05, 0) is 12.0 Å². The SMILES string of the molecule is CCCCCCCCCCCCCCCCCCC(CC(=O)OCc1ccccc1)C(=O)[O-]. The van der Waals surface area contributed by atoms with Gasteiger partial charge in [0.1, 0.15) is 6.61 Å². The minimum absolute atomic E-state index is 0.103. The number of carboxylic acids is 1. The number of hydrogen-bond acceptors (Lipinski definition) is 4. The number of carbonyl (C=O) groups is 2. The van der Waals surface area contributed by atoms with E-state index in [-0.39, 0.29) is 13.0 Å². The molecule has 0 bridgehead atoms. The van der Waals surface area contributed by atoms with E-state index in [1.165, 1.54) is 83.5 Å². The zero-order valence-electron chi connectivity index (χ0n) is 21.0. The van der Waals surface area contributed by atoms with Crippen LogP contribution in [0.3, 0.4) is 0 Å². The molecule has 0 aliphatic carbocycles. The average Bonchev–Trinajstić information content (AvgIpc) is 2.82. The van der Waals surface area contributed by atoms with Crippen LogP contribution in [-0.2, 0) is 20.9 Å². The highest BCUT2D eigenvalue weighted by molar-refractivity contribution is 5.77. The van der Waals surface area contributed by atoms with Gasteiger partial charge in [0.05, 0.1) is 6.42 Å². The molecule has 0 N–H and O–H groups in total. The summed E-state index contributed by atoms with van der Waals surface area (Å²) >= 11 is 0. The Labute approximate surface area is 202 Å². The van der Waals surface area contributed by atoms with Crippen LogP contribution in [0.5, 0.6) is 0 Å². The molecule has 1 aromatic rings. The third-order valence-corrected chi connectivity index (χ3v) is 6.40. The molecule has 1 unspecified atom stereocenters. The quantitative estimate of drug-likeness (QED) is 0.136. The highest BCUT2D eigenvalue weighted by Gasteiger charge is 2.16. The average molecular weight is 460 g/mol. The first-order chi connectivity index (χ1) is 16.1. The molecule has 33 heavy (non-hydrogen) atoms. The largest absolute Gasteiger partial charge is 0.550 e. The highest BCUT2D eigenvalue weighted by atomic mass is 16.5. The van der Waals surface area contributed by atoms with E-state index in [2.05, 4.69) is 6.92 Å². The van der Waals surface area contributed by atoms with Crippen molar-refractivity contribution in [2.75, 3.05) is 0 Å². The zero-order chi connectivity index (χ0) is 24.0. The number of esters is 1. The van der Waals surface area contributed by atoms with Crippen molar-refractivity contribution in [3.05, 3.63) is 35.9 Å². The zero-order valence-corrected chi connectivity index (χ0v) is 21.0. The Hall–Kier alpha value is -1.84. The van der Waals surface area contributed by atoms with E-state index in [0.717, 1.165) is 24.8 Å². The van der Waals surface area contributed by atoms with Crippen molar-refractivity contribution in [1.82, 2.24) is 0 Å². The molecule has 1 atom stereocenters. The van der Waals surface area contributed by atoms with Gasteiger partial charge >= 0.3 is 5.97 Å². The van der Waals surface area contributed by atoms with E-state index < -0.39 is 17.9 Å². The third-order valence-electron chi connectivity index (χ3n) is 6.40. The van der Waals surface area contributed by atoms with Crippen molar-refractivity contribution >= 4 is 11.9 Å². The summed E-state index contributed by atoms with van der Waals surface area (Å²) in [6.07, 6.45) is 21.0. The van der Waals surface area contributed by atoms with Gasteiger partial charge in [0, 0.05) is 11.9 Å². The lowest BCUT2D eigenvalue weighted by Crippen LogP contribution is -2.33. The van der Waals surface area contributed by atoms with Crippen molar-refractivity contribution in [2.45, 2.75) is 129 Å². The second-order valence-electron chi connectivity index (χ2n) is 9.46. The maximum Gasteiger partial charge on any atom is 0.306 e.